The van der Waals surface area contributed by atoms with Crippen LogP contribution in [0, 0.1) is 25.2 Å². The summed E-state index contributed by atoms with van der Waals surface area (Å²) in [5.41, 5.74) is 8.10. The zero-order valence-electron chi connectivity index (χ0n) is 37.0. The number of ether oxygens (including phenoxy) is 2. The van der Waals surface area contributed by atoms with Crippen molar-refractivity contribution in [2.45, 2.75) is 53.6 Å². The van der Waals surface area contributed by atoms with Gasteiger partial charge in [0.05, 0.1) is 27.7 Å². The van der Waals surface area contributed by atoms with E-state index in [2.05, 4.69) is 11.2 Å². The molecule has 0 saturated heterocycles. The van der Waals surface area contributed by atoms with Crippen LogP contribution in [0.15, 0.2) is 161 Å². The van der Waals surface area contributed by atoms with Crippen molar-refractivity contribution in [3.05, 3.63) is 211 Å². The van der Waals surface area contributed by atoms with Gasteiger partial charge in [0.25, 0.3) is 11.1 Å². The van der Waals surface area contributed by atoms with E-state index in [0.29, 0.717) is 75.7 Å². The SMILES string of the molecule is CCc1cccc(Oc2ccc(-c3nn(CCc4ccc(C(=O)c5ccc(Oc6ccc(-c7nn(CC)c(=O)c8ccccc78)cc6)c(C)c5)cc4C)c(=O)c4ccccc34)cc2)c1C#N. The Hall–Kier alpha value is -8.42. The van der Waals surface area contributed by atoms with Crippen molar-refractivity contribution < 1.29 is 14.3 Å². The minimum Gasteiger partial charge on any atom is -0.457 e. The van der Waals surface area contributed by atoms with Crippen molar-refractivity contribution in [3.63, 3.8) is 0 Å². The van der Waals surface area contributed by atoms with E-state index in [0.717, 1.165) is 56.3 Å². The summed E-state index contributed by atoms with van der Waals surface area (Å²) in [6.07, 6.45) is 1.25. The number of rotatable bonds is 13. The second-order valence-electron chi connectivity index (χ2n) is 16.1. The molecule has 0 bridgehead atoms. The van der Waals surface area contributed by atoms with Gasteiger partial charge in [-0.2, -0.15) is 15.5 Å². The van der Waals surface area contributed by atoms with Gasteiger partial charge >= 0.3 is 0 Å². The topological polar surface area (TPSA) is 129 Å². The molecule has 0 aliphatic rings. The van der Waals surface area contributed by atoms with Crippen molar-refractivity contribution in [2.75, 3.05) is 0 Å². The lowest BCUT2D eigenvalue weighted by Gasteiger charge is -2.14. The average Bonchev–Trinajstić information content (AvgIpc) is 3.35. The molecule has 2 heterocycles. The molecular formula is C56H45N5O5. The van der Waals surface area contributed by atoms with Gasteiger partial charge in [0.15, 0.2) is 5.78 Å². The number of hydrogen-bond acceptors (Lipinski definition) is 8. The first-order valence-corrected chi connectivity index (χ1v) is 22.0. The number of aromatic nitrogens is 4. The van der Waals surface area contributed by atoms with Crippen molar-refractivity contribution in [3.8, 4) is 51.6 Å². The third kappa shape index (κ3) is 8.38. The molecule has 0 aliphatic carbocycles. The van der Waals surface area contributed by atoms with Crippen LogP contribution in [-0.2, 0) is 25.9 Å². The van der Waals surface area contributed by atoms with Gasteiger partial charge in [-0.1, -0.05) is 67.6 Å². The smallest absolute Gasteiger partial charge is 0.274 e. The normalized spacial score (nSPS) is 11.1. The Morgan fingerprint density at radius 3 is 1.65 bits per heavy atom. The maximum absolute atomic E-state index is 13.8. The number of nitriles is 1. The minimum atomic E-state index is -0.179. The number of benzene rings is 7. The highest BCUT2D eigenvalue weighted by molar-refractivity contribution is 6.09. The zero-order valence-corrected chi connectivity index (χ0v) is 37.0. The molecule has 0 spiro atoms. The van der Waals surface area contributed by atoms with Crippen LogP contribution in [0.1, 0.15) is 57.6 Å². The van der Waals surface area contributed by atoms with E-state index in [1.807, 2.05) is 167 Å². The monoisotopic (exact) mass is 867 g/mol. The van der Waals surface area contributed by atoms with Crippen LogP contribution < -0.4 is 20.6 Å². The second-order valence-corrected chi connectivity index (χ2v) is 16.1. The molecule has 2 aromatic heterocycles. The van der Waals surface area contributed by atoms with Crippen LogP contribution in [0.3, 0.4) is 0 Å². The van der Waals surface area contributed by atoms with Gasteiger partial charge in [-0.15, -0.1) is 0 Å². The highest BCUT2D eigenvalue weighted by Gasteiger charge is 2.17. The molecule has 66 heavy (non-hydrogen) atoms. The average molecular weight is 868 g/mol. The van der Waals surface area contributed by atoms with Gasteiger partial charge in [0, 0.05) is 46.1 Å². The largest absolute Gasteiger partial charge is 0.457 e. The Morgan fingerprint density at radius 1 is 0.576 bits per heavy atom. The molecule has 0 fully saturated rings. The summed E-state index contributed by atoms with van der Waals surface area (Å²) in [4.78, 5) is 40.4. The third-order valence-corrected chi connectivity index (χ3v) is 12.0. The van der Waals surface area contributed by atoms with Crippen LogP contribution in [-0.4, -0.2) is 25.3 Å². The van der Waals surface area contributed by atoms with E-state index < -0.39 is 0 Å². The molecular weight excluding hydrogens is 823 g/mol. The standard InChI is InChI=1S/C56H45N5O5/c1-5-37-12-11-17-51(49(37)34-57)66-44-27-22-40(23-28-44)53-46-14-8-10-16-48(46)56(64)61(59-53)31-30-38-18-19-41(32-35(38)3)54(62)42-24-29-50(36(4)33-42)65-43-25-20-39(21-26-43)52-45-13-7-9-15-47(45)55(63)60(6-2)58-52/h7-29,32-33H,5-6,30-31H2,1-4H3. The summed E-state index contributed by atoms with van der Waals surface area (Å²) in [7, 11) is 0. The minimum absolute atomic E-state index is 0.106. The maximum atomic E-state index is 13.8. The van der Waals surface area contributed by atoms with Crippen LogP contribution >= 0.6 is 0 Å². The van der Waals surface area contributed by atoms with Crippen molar-refractivity contribution >= 4 is 27.3 Å². The maximum Gasteiger partial charge on any atom is 0.274 e. The number of aryl methyl sites for hydroxylation is 6. The predicted molar refractivity (Wildman–Crippen MR) is 259 cm³/mol. The van der Waals surface area contributed by atoms with Crippen LogP contribution in [0.4, 0.5) is 0 Å². The van der Waals surface area contributed by atoms with Gasteiger partial charge in [0.2, 0.25) is 0 Å². The van der Waals surface area contributed by atoms with Crippen LogP contribution in [0.25, 0.3) is 44.1 Å². The Balaban J connectivity index is 0.886. The predicted octanol–water partition coefficient (Wildman–Crippen LogP) is 11.6. The van der Waals surface area contributed by atoms with Gasteiger partial charge < -0.3 is 9.47 Å². The van der Waals surface area contributed by atoms with E-state index in [-0.39, 0.29) is 16.9 Å². The molecule has 0 saturated carbocycles. The highest BCUT2D eigenvalue weighted by atomic mass is 16.5. The molecule has 0 amide bonds. The second kappa shape index (κ2) is 18.4. The number of nitrogens with zero attached hydrogens (tertiary/aromatic N) is 5. The van der Waals surface area contributed by atoms with Crippen LogP contribution in [0.5, 0.6) is 23.0 Å². The summed E-state index contributed by atoms with van der Waals surface area (Å²) in [6, 6.07) is 49.1. The van der Waals surface area contributed by atoms with Gasteiger partial charge in [-0.25, -0.2) is 9.36 Å². The molecule has 0 atom stereocenters. The van der Waals surface area contributed by atoms with E-state index in [1.165, 1.54) is 9.36 Å². The summed E-state index contributed by atoms with van der Waals surface area (Å²) >= 11 is 0. The van der Waals surface area contributed by atoms with Gasteiger partial charge in [-0.3, -0.25) is 14.4 Å². The van der Waals surface area contributed by atoms with E-state index in [9.17, 15) is 19.6 Å². The van der Waals surface area contributed by atoms with E-state index >= 15 is 0 Å². The molecule has 0 unspecified atom stereocenters. The summed E-state index contributed by atoms with van der Waals surface area (Å²) < 4.78 is 15.4. The fraction of sp³-hybridized carbons (Fsp3) is 0.143. The molecule has 10 heteroatoms. The van der Waals surface area contributed by atoms with Gasteiger partial charge in [-0.05, 0) is 147 Å². The third-order valence-electron chi connectivity index (χ3n) is 12.0. The number of carbonyl (C=O) groups excluding carboxylic acids is 1. The molecule has 0 N–H and O–H groups in total. The van der Waals surface area contributed by atoms with Crippen LogP contribution in [0.2, 0.25) is 0 Å². The number of hydrogen-bond donors (Lipinski definition) is 0. The van der Waals surface area contributed by atoms with Gasteiger partial charge in [0.1, 0.15) is 29.1 Å². The first kappa shape index (κ1) is 42.9. The van der Waals surface area contributed by atoms with Crippen molar-refractivity contribution in [2.24, 2.45) is 0 Å². The zero-order chi connectivity index (χ0) is 45.9. The Bertz CT molecular complexity index is 3490. The quantitative estimate of drug-likeness (QED) is 0.105. The lowest BCUT2D eigenvalue weighted by atomic mass is 9.96. The molecule has 7 aromatic carbocycles. The van der Waals surface area contributed by atoms with Crippen molar-refractivity contribution in [1.29, 1.82) is 5.26 Å². The fourth-order valence-corrected chi connectivity index (χ4v) is 8.38. The summed E-state index contributed by atoms with van der Waals surface area (Å²) in [5.74, 6) is 2.24. The molecule has 10 nitrogen and oxygen atoms in total. The lowest BCUT2D eigenvalue weighted by Crippen LogP contribution is -2.25. The summed E-state index contributed by atoms with van der Waals surface area (Å²) in [6.45, 7) is 8.60. The molecule has 9 aromatic rings. The highest BCUT2D eigenvalue weighted by Crippen LogP contribution is 2.33. The summed E-state index contributed by atoms with van der Waals surface area (Å²) in [5, 5.41) is 22.1. The molecule has 9 rings (SSSR count). The van der Waals surface area contributed by atoms with Crippen molar-refractivity contribution in [1.82, 2.24) is 19.6 Å². The van der Waals surface area contributed by atoms with E-state index in [1.54, 1.807) is 12.1 Å². The molecule has 0 radical (unpaired) electrons. The lowest BCUT2D eigenvalue weighted by molar-refractivity contribution is 0.103. The first-order valence-electron chi connectivity index (χ1n) is 22.0. The number of fused-ring (bicyclic) bond motifs is 2. The molecule has 324 valence electrons. The molecule has 0 aliphatic heterocycles. The Morgan fingerprint density at radius 2 is 1.11 bits per heavy atom. The van der Waals surface area contributed by atoms with E-state index in [4.69, 9.17) is 14.6 Å². The number of carbonyl (C=O) groups is 1. The number of ketones is 1. The Kier molecular flexibility index (Phi) is 11.9. The first-order chi connectivity index (χ1) is 32.1. The fourth-order valence-electron chi connectivity index (χ4n) is 8.38. The Labute approximate surface area is 381 Å².